The Labute approximate surface area is 163 Å². The average Bonchev–Trinajstić information content (AvgIpc) is 2.50. The molecule has 0 atom stereocenters. The third-order valence-electron chi connectivity index (χ3n) is 3.34. The molecule has 0 fully saturated rings. The fourth-order valence-corrected chi connectivity index (χ4v) is 3.24. The van der Waals surface area contributed by atoms with E-state index in [1.165, 1.54) is 12.1 Å². The van der Waals surface area contributed by atoms with Gasteiger partial charge in [-0.05, 0) is 46.0 Å². The van der Waals surface area contributed by atoms with Gasteiger partial charge in [0.2, 0.25) is 10.0 Å². The lowest BCUT2D eigenvalue weighted by atomic mass is 10.1. The molecule has 0 aliphatic rings. The molecule has 0 heterocycles. The maximum atomic E-state index is 12.4. The molecule has 0 saturated heterocycles. The van der Waals surface area contributed by atoms with E-state index in [1.807, 2.05) is 27.7 Å². The van der Waals surface area contributed by atoms with E-state index in [2.05, 4.69) is 15.9 Å². The number of nitrogens with two attached hydrogens (primary N) is 1. The zero-order chi connectivity index (χ0) is 20.1. The van der Waals surface area contributed by atoms with Crippen LogP contribution in [0.1, 0.15) is 38.1 Å². The van der Waals surface area contributed by atoms with E-state index in [0.29, 0.717) is 17.6 Å². The van der Waals surface area contributed by atoms with Gasteiger partial charge in [-0.15, -0.1) is 0 Å². The third-order valence-corrected chi connectivity index (χ3v) is 4.94. The van der Waals surface area contributed by atoms with E-state index in [4.69, 9.17) is 9.88 Å². The number of amides is 1. The molecule has 146 valence electrons. The van der Waals surface area contributed by atoms with Crippen LogP contribution in [-0.4, -0.2) is 44.9 Å². The van der Waals surface area contributed by atoms with Crippen molar-refractivity contribution >= 4 is 37.8 Å². The Bertz CT molecular complexity index is 752. The van der Waals surface area contributed by atoms with E-state index < -0.39 is 22.6 Å². The van der Waals surface area contributed by atoms with Gasteiger partial charge < -0.3 is 9.64 Å². The second-order valence-corrected chi connectivity index (χ2v) is 9.26. The Kier molecular flexibility index (Phi) is 8.23. The predicted molar refractivity (Wildman–Crippen MR) is 102 cm³/mol. The van der Waals surface area contributed by atoms with Crippen molar-refractivity contribution in [1.29, 1.82) is 0 Å². The van der Waals surface area contributed by atoms with Crippen LogP contribution in [0.3, 0.4) is 0 Å². The van der Waals surface area contributed by atoms with Crippen molar-refractivity contribution in [3.63, 3.8) is 0 Å². The molecule has 26 heavy (non-hydrogen) atoms. The summed E-state index contributed by atoms with van der Waals surface area (Å²) in [6.07, 6.45) is 0. The predicted octanol–water partition coefficient (Wildman–Crippen LogP) is 2.39. The molecule has 1 aromatic carbocycles. The summed E-state index contributed by atoms with van der Waals surface area (Å²) in [4.78, 5) is 26.1. The first-order valence-corrected chi connectivity index (χ1v) is 10.5. The Balaban J connectivity index is 2.86. The third kappa shape index (κ3) is 7.05. The molecule has 0 bridgehead atoms. The lowest BCUT2D eigenvalue weighted by molar-refractivity contribution is -0.135. The normalized spacial score (nSPS) is 11.7. The van der Waals surface area contributed by atoms with Gasteiger partial charge in [0.25, 0.3) is 5.91 Å². The fraction of sp³-hybridized carbons (Fsp3) is 0.529. The maximum Gasteiger partial charge on any atom is 0.339 e. The number of halogens is 1. The topological polar surface area (TPSA) is 107 Å². The van der Waals surface area contributed by atoms with E-state index >= 15 is 0 Å². The van der Waals surface area contributed by atoms with E-state index in [-0.39, 0.29) is 28.2 Å². The minimum absolute atomic E-state index is 0.0106. The Hall–Kier alpha value is -1.45. The lowest BCUT2D eigenvalue weighted by Gasteiger charge is -2.26. The molecule has 0 spiro atoms. The number of primary sulfonamides is 1. The number of benzene rings is 1. The first-order valence-electron chi connectivity index (χ1n) is 8.19. The summed E-state index contributed by atoms with van der Waals surface area (Å²) in [6, 6.07) is 3.78. The van der Waals surface area contributed by atoms with Gasteiger partial charge in [0.1, 0.15) is 0 Å². The van der Waals surface area contributed by atoms with Crippen molar-refractivity contribution in [2.24, 2.45) is 17.0 Å². The van der Waals surface area contributed by atoms with E-state index in [0.717, 1.165) is 6.07 Å². The van der Waals surface area contributed by atoms with Crippen LogP contribution in [-0.2, 0) is 19.6 Å². The molecule has 0 saturated carbocycles. The molecule has 1 amide bonds. The van der Waals surface area contributed by atoms with Crippen molar-refractivity contribution in [2.45, 2.75) is 32.6 Å². The molecule has 2 N–H and O–H groups in total. The lowest BCUT2D eigenvalue weighted by Crippen LogP contribution is -2.39. The van der Waals surface area contributed by atoms with Crippen molar-refractivity contribution < 1.29 is 22.7 Å². The standard InChI is InChI=1S/C17H25BrN2O5S/c1-11(2)8-20(9-12(3)4)16(21)10-25-17(22)14-7-13(26(19,23)24)5-6-15(14)18/h5-7,11-12H,8-10H2,1-4H3,(H2,19,23,24). The summed E-state index contributed by atoms with van der Waals surface area (Å²) < 4.78 is 28.3. The Morgan fingerprint density at radius 1 is 1.15 bits per heavy atom. The smallest absolute Gasteiger partial charge is 0.339 e. The second-order valence-electron chi connectivity index (χ2n) is 6.85. The number of ether oxygens (including phenoxy) is 1. The van der Waals surface area contributed by atoms with Crippen LogP contribution in [0.25, 0.3) is 0 Å². The highest BCUT2D eigenvalue weighted by Gasteiger charge is 2.21. The highest BCUT2D eigenvalue weighted by atomic mass is 79.9. The monoisotopic (exact) mass is 448 g/mol. The van der Waals surface area contributed by atoms with Crippen LogP contribution in [0, 0.1) is 11.8 Å². The molecular formula is C17H25BrN2O5S. The van der Waals surface area contributed by atoms with Crippen LogP contribution in [0.15, 0.2) is 27.6 Å². The van der Waals surface area contributed by atoms with Gasteiger partial charge in [0.15, 0.2) is 6.61 Å². The fourth-order valence-electron chi connectivity index (χ4n) is 2.29. The number of hydrogen-bond acceptors (Lipinski definition) is 5. The van der Waals surface area contributed by atoms with Gasteiger partial charge in [-0.1, -0.05) is 27.7 Å². The molecule has 9 heteroatoms. The maximum absolute atomic E-state index is 12.4. The summed E-state index contributed by atoms with van der Waals surface area (Å²) in [7, 11) is -3.95. The molecule has 0 aromatic heterocycles. The van der Waals surface area contributed by atoms with Gasteiger partial charge in [-0.3, -0.25) is 4.79 Å². The number of rotatable bonds is 8. The number of hydrogen-bond donors (Lipinski definition) is 1. The van der Waals surface area contributed by atoms with Crippen molar-refractivity contribution in [1.82, 2.24) is 4.90 Å². The van der Waals surface area contributed by atoms with Crippen molar-refractivity contribution in [3.8, 4) is 0 Å². The number of carbonyl (C=O) groups excluding carboxylic acids is 2. The van der Waals surface area contributed by atoms with Gasteiger partial charge >= 0.3 is 5.97 Å². The molecule has 0 radical (unpaired) electrons. The van der Waals surface area contributed by atoms with Gasteiger partial charge in [-0.2, -0.15) is 0 Å². The van der Waals surface area contributed by atoms with Gasteiger partial charge in [0, 0.05) is 17.6 Å². The number of carbonyl (C=O) groups is 2. The van der Waals surface area contributed by atoms with Gasteiger partial charge in [-0.25, -0.2) is 18.4 Å². The minimum Gasteiger partial charge on any atom is -0.452 e. The van der Waals surface area contributed by atoms with E-state index in [9.17, 15) is 18.0 Å². The Morgan fingerprint density at radius 3 is 2.15 bits per heavy atom. The quantitative estimate of drug-likeness (QED) is 0.614. The number of nitrogens with zero attached hydrogens (tertiary/aromatic N) is 1. The largest absolute Gasteiger partial charge is 0.452 e. The number of sulfonamides is 1. The van der Waals surface area contributed by atoms with Crippen LogP contribution in [0.4, 0.5) is 0 Å². The molecule has 7 nitrogen and oxygen atoms in total. The number of esters is 1. The summed E-state index contributed by atoms with van der Waals surface area (Å²) in [5.74, 6) is -0.521. The molecule has 1 rings (SSSR count). The van der Waals surface area contributed by atoms with Crippen LogP contribution in [0.2, 0.25) is 0 Å². The van der Waals surface area contributed by atoms with Crippen LogP contribution < -0.4 is 5.14 Å². The van der Waals surface area contributed by atoms with Gasteiger partial charge in [0.05, 0.1) is 10.5 Å². The highest BCUT2D eigenvalue weighted by Crippen LogP contribution is 2.21. The van der Waals surface area contributed by atoms with Crippen molar-refractivity contribution in [2.75, 3.05) is 19.7 Å². The molecule has 0 aliphatic carbocycles. The summed E-state index contributed by atoms with van der Waals surface area (Å²) in [5.41, 5.74) is -0.0106. The summed E-state index contributed by atoms with van der Waals surface area (Å²) in [6.45, 7) is 8.73. The molecular weight excluding hydrogens is 424 g/mol. The zero-order valence-corrected chi connectivity index (χ0v) is 17.8. The van der Waals surface area contributed by atoms with Crippen LogP contribution >= 0.6 is 15.9 Å². The second kappa shape index (κ2) is 9.48. The minimum atomic E-state index is -3.95. The molecule has 0 unspecified atom stereocenters. The average molecular weight is 449 g/mol. The molecule has 1 aromatic rings. The van der Waals surface area contributed by atoms with Crippen molar-refractivity contribution in [3.05, 3.63) is 28.2 Å². The highest BCUT2D eigenvalue weighted by molar-refractivity contribution is 9.10. The Morgan fingerprint density at radius 2 is 1.69 bits per heavy atom. The summed E-state index contributed by atoms with van der Waals surface area (Å²) >= 11 is 3.17. The summed E-state index contributed by atoms with van der Waals surface area (Å²) in [5, 5.41) is 5.07. The van der Waals surface area contributed by atoms with Crippen LogP contribution in [0.5, 0.6) is 0 Å². The molecule has 0 aliphatic heterocycles. The van der Waals surface area contributed by atoms with E-state index in [1.54, 1.807) is 4.90 Å². The first kappa shape index (κ1) is 22.6. The SMILES string of the molecule is CC(C)CN(CC(C)C)C(=O)COC(=O)c1cc(S(N)(=O)=O)ccc1Br. The first-order chi connectivity index (χ1) is 11.9. The zero-order valence-electron chi connectivity index (χ0n) is 15.4.